The smallest absolute Gasteiger partial charge is 0.336 e. The van der Waals surface area contributed by atoms with Crippen molar-refractivity contribution in [3.63, 3.8) is 0 Å². The molecule has 1 aliphatic heterocycles. The van der Waals surface area contributed by atoms with Gasteiger partial charge in [0.1, 0.15) is 17.3 Å². The first kappa shape index (κ1) is 20.8. The molecular formula is C24H27NO4S. The lowest BCUT2D eigenvalue weighted by molar-refractivity contribution is -0.140. The molecule has 0 spiro atoms. The Hall–Kier alpha value is -2.47. The molecular weight excluding hydrogens is 398 g/mol. The van der Waals surface area contributed by atoms with Gasteiger partial charge in [-0.2, -0.15) is 0 Å². The van der Waals surface area contributed by atoms with E-state index in [1.54, 1.807) is 11.3 Å². The molecule has 0 saturated heterocycles. The second kappa shape index (κ2) is 8.34. The van der Waals surface area contributed by atoms with Crippen LogP contribution in [0.1, 0.15) is 61.8 Å². The van der Waals surface area contributed by atoms with E-state index in [1.807, 2.05) is 51.3 Å². The molecule has 1 saturated carbocycles. The number of esters is 1. The Balaban J connectivity index is 1.75. The van der Waals surface area contributed by atoms with Crippen LogP contribution in [0.15, 0.2) is 50.3 Å². The van der Waals surface area contributed by atoms with Crippen molar-refractivity contribution < 1.29 is 18.7 Å². The third-order valence-electron chi connectivity index (χ3n) is 5.74. The van der Waals surface area contributed by atoms with Gasteiger partial charge in [-0.05, 0) is 49.8 Å². The van der Waals surface area contributed by atoms with Gasteiger partial charge in [-0.15, -0.1) is 11.3 Å². The van der Waals surface area contributed by atoms with Gasteiger partial charge in [-0.25, -0.2) is 4.79 Å². The van der Waals surface area contributed by atoms with Crippen molar-refractivity contribution in [2.45, 2.75) is 52.4 Å². The van der Waals surface area contributed by atoms with Crippen LogP contribution in [0, 0.1) is 18.8 Å². The molecule has 1 fully saturated rings. The normalized spacial score (nSPS) is 24.1. The van der Waals surface area contributed by atoms with E-state index in [1.165, 1.54) is 4.88 Å². The van der Waals surface area contributed by atoms with Gasteiger partial charge in [-0.3, -0.25) is 9.79 Å². The number of fused-ring (bicyclic) bond motifs is 1. The van der Waals surface area contributed by atoms with E-state index in [0.29, 0.717) is 30.1 Å². The van der Waals surface area contributed by atoms with Gasteiger partial charge in [0, 0.05) is 28.6 Å². The Bertz CT molecular complexity index is 1010. The number of nitrogens with zero attached hydrogens (tertiary/aromatic N) is 1. The molecule has 158 valence electrons. The number of aliphatic imine (C=N–C) groups is 1. The second-order valence-electron chi connectivity index (χ2n) is 8.59. The lowest BCUT2D eigenvalue weighted by Gasteiger charge is -2.36. The molecule has 0 radical (unpaired) electrons. The summed E-state index contributed by atoms with van der Waals surface area (Å²) in [4.78, 5) is 32.4. The Labute approximate surface area is 180 Å². The van der Waals surface area contributed by atoms with Crippen LogP contribution in [-0.2, 0) is 14.3 Å². The summed E-state index contributed by atoms with van der Waals surface area (Å²) >= 11 is 1.67. The minimum absolute atomic E-state index is 0.110. The molecule has 0 amide bonds. The highest BCUT2D eigenvalue weighted by Gasteiger charge is 2.47. The van der Waals surface area contributed by atoms with Gasteiger partial charge in [0.05, 0.1) is 24.0 Å². The van der Waals surface area contributed by atoms with Gasteiger partial charge in [0.15, 0.2) is 0 Å². The number of hydrogen-bond donors (Lipinski definition) is 0. The number of carbonyl (C=O) groups is 2. The summed E-state index contributed by atoms with van der Waals surface area (Å²) in [5, 5.41) is 2.04. The molecule has 1 unspecified atom stereocenters. The molecule has 5 nitrogen and oxygen atoms in total. The van der Waals surface area contributed by atoms with E-state index in [-0.39, 0.29) is 17.6 Å². The Kier molecular flexibility index (Phi) is 5.78. The summed E-state index contributed by atoms with van der Waals surface area (Å²) in [6.07, 6.45) is 1.17. The minimum atomic E-state index is -0.484. The van der Waals surface area contributed by atoms with E-state index in [0.717, 1.165) is 17.9 Å². The van der Waals surface area contributed by atoms with Crippen molar-refractivity contribution >= 4 is 28.8 Å². The highest BCUT2D eigenvalue weighted by atomic mass is 32.1. The van der Waals surface area contributed by atoms with Crippen LogP contribution in [0.3, 0.4) is 0 Å². The van der Waals surface area contributed by atoms with Crippen LogP contribution in [0.2, 0.25) is 0 Å². The molecule has 3 atom stereocenters. The Morgan fingerprint density at radius 2 is 2.03 bits per heavy atom. The maximum absolute atomic E-state index is 13.4. The van der Waals surface area contributed by atoms with Gasteiger partial charge in [0.2, 0.25) is 0 Å². The summed E-state index contributed by atoms with van der Waals surface area (Å²) in [7, 11) is 0. The number of ether oxygens (including phenoxy) is 1. The van der Waals surface area contributed by atoms with E-state index in [2.05, 4.69) is 6.07 Å². The van der Waals surface area contributed by atoms with Crippen molar-refractivity contribution in [3.8, 4) is 0 Å². The van der Waals surface area contributed by atoms with Crippen molar-refractivity contribution in [3.05, 3.63) is 57.3 Å². The van der Waals surface area contributed by atoms with Gasteiger partial charge < -0.3 is 9.15 Å². The number of aryl methyl sites for hydroxylation is 1. The number of hydrogen-bond acceptors (Lipinski definition) is 6. The standard InChI is InChI=1S/C24H27NO4S/c1-13(2)12-28-24(27)21-15(4)25-17-10-16(20-6-5-9-30-20)11-18(26)22(17)23(21)19-8-7-14(3)29-19/h5-9,13,16,22-23H,10-12H2,1-4H3/t16-,22?,23-/m0/s1. The predicted octanol–water partition coefficient (Wildman–Crippen LogP) is 5.42. The number of allylic oxidation sites excluding steroid dienone is 1. The van der Waals surface area contributed by atoms with Crippen molar-refractivity contribution in [1.29, 1.82) is 0 Å². The van der Waals surface area contributed by atoms with Crippen molar-refractivity contribution in [2.75, 3.05) is 6.61 Å². The summed E-state index contributed by atoms with van der Waals surface area (Å²) in [6.45, 7) is 8.01. The van der Waals surface area contributed by atoms with Crippen LogP contribution in [0.4, 0.5) is 0 Å². The molecule has 4 rings (SSSR count). The maximum atomic E-state index is 13.4. The molecule has 6 heteroatoms. The van der Waals surface area contributed by atoms with E-state index in [4.69, 9.17) is 14.1 Å². The summed E-state index contributed by atoms with van der Waals surface area (Å²) < 4.78 is 11.5. The average Bonchev–Trinajstić information content (AvgIpc) is 3.36. The largest absolute Gasteiger partial charge is 0.466 e. The zero-order chi connectivity index (χ0) is 21.4. The van der Waals surface area contributed by atoms with Crippen molar-refractivity contribution in [1.82, 2.24) is 0 Å². The number of Topliss-reactive ketones (excluding diaryl/α,β-unsaturated/α-hetero) is 1. The molecule has 2 aromatic rings. The lowest BCUT2D eigenvalue weighted by atomic mass is 9.68. The molecule has 30 heavy (non-hydrogen) atoms. The zero-order valence-electron chi connectivity index (χ0n) is 17.8. The fourth-order valence-corrected chi connectivity index (χ4v) is 5.25. The molecule has 0 N–H and O–H groups in total. The van der Waals surface area contributed by atoms with Crippen molar-refractivity contribution in [2.24, 2.45) is 16.8 Å². The van der Waals surface area contributed by atoms with Crippen LogP contribution < -0.4 is 0 Å². The summed E-state index contributed by atoms with van der Waals surface area (Å²) in [5.41, 5.74) is 1.91. The highest BCUT2D eigenvalue weighted by molar-refractivity contribution is 7.10. The second-order valence-corrected chi connectivity index (χ2v) is 9.56. The molecule has 1 aliphatic carbocycles. The van der Waals surface area contributed by atoms with Gasteiger partial charge >= 0.3 is 5.97 Å². The first-order valence-corrected chi connectivity index (χ1v) is 11.3. The van der Waals surface area contributed by atoms with Crippen LogP contribution in [-0.4, -0.2) is 24.1 Å². The van der Waals surface area contributed by atoms with Gasteiger partial charge in [0.25, 0.3) is 0 Å². The first-order chi connectivity index (χ1) is 14.3. The van der Waals surface area contributed by atoms with E-state index >= 15 is 0 Å². The first-order valence-electron chi connectivity index (χ1n) is 10.4. The lowest BCUT2D eigenvalue weighted by Crippen LogP contribution is -2.41. The Morgan fingerprint density at radius 3 is 2.67 bits per heavy atom. The van der Waals surface area contributed by atoms with Gasteiger partial charge in [-0.1, -0.05) is 19.9 Å². The number of furan rings is 1. The van der Waals surface area contributed by atoms with E-state index < -0.39 is 17.8 Å². The van der Waals surface area contributed by atoms with E-state index in [9.17, 15) is 9.59 Å². The third kappa shape index (κ3) is 3.93. The summed E-state index contributed by atoms with van der Waals surface area (Å²) in [5.74, 6) is 0.499. The third-order valence-corrected chi connectivity index (χ3v) is 6.77. The number of thiophene rings is 1. The molecule has 0 bridgehead atoms. The molecule has 2 aliphatic rings. The Morgan fingerprint density at radius 1 is 1.23 bits per heavy atom. The molecule has 0 aromatic carbocycles. The average molecular weight is 426 g/mol. The highest BCUT2D eigenvalue weighted by Crippen LogP contribution is 2.46. The minimum Gasteiger partial charge on any atom is -0.466 e. The van der Waals surface area contributed by atoms with Crippen LogP contribution >= 0.6 is 11.3 Å². The zero-order valence-corrected chi connectivity index (χ0v) is 18.6. The molecule has 2 aromatic heterocycles. The molecule has 3 heterocycles. The predicted molar refractivity (Wildman–Crippen MR) is 117 cm³/mol. The summed E-state index contributed by atoms with van der Waals surface area (Å²) in [6, 6.07) is 7.83. The number of rotatable bonds is 5. The number of carbonyl (C=O) groups excluding carboxylic acids is 2. The fraction of sp³-hybridized carbons (Fsp3) is 0.458. The monoisotopic (exact) mass is 425 g/mol. The maximum Gasteiger partial charge on any atom is 0.336 e. The fourth-order valence-electron chi connectivity index (χ4n) is 4.41. The SMILES string of the molecule is CC1=C(C(=O)OCC(C)C)[C@H](c2ccc(C)o2)C2C(=O)C[C@@H](c3cccs3)CC2=N1. The van der Waals surface area contributed by atoms with Crippen LogP contribution in [0.25, 0.3) is 0 Å². The van der Waals surface area contributed by atoms with Crippen LogP contribution in [0.5, 0.6) is 0 Å². The topological polar surface area (TPSA) is 68.9 Å². The number of ketones is 1. The quantitative estimate of drug-likeness (QED) is 0.600.